The first-order valence-corrected chi connectivity index (χ1v) is 3.47. The van der Waals surface area contributed by atoms with Crippen molar-refractivity contribution in [1.82, 2.24) is 0 Å². The molecule has 1 aromatic rings. The lowest BCUT2D eigenvalue weighted by Crippen LogP contribution is -2.04. The van der Waals surface area contributed by atoms with E-state index >= 15 is 0 Å². The summed E-state index contributed by atoms with van der Waals surface area (Å²) in [5.41, 5.74) is 0.187. The lowest BCUT2D eigenvalue weighted by atomic mass is 10.3. The molecule has 0 unspecified atom stereocenters. The van der Waals surface area contributed by atoms with E-state index in [-0.39, 0.29) is 17.4 Å². The van der Waals surface area contributed by atoms with Crippen LogP contribution in [0.2, 0.25) is 5.22 Å². The van der Waals surface area contributed by atoms with E-state index in [2.05, 4.69) is 15.1 Å². The third-order valence-electron chi connectivity index (χ3n) is 1.12. The minimum atomic E-state index is -0.577. The Balaban J connectivity index is 2.67. The molecule has 0 N–H and O–H groups in total. The Kier molecular flexibility index (Phi) is 2.78. The fourth-order valence-corrected chi connectivity index (χ4v) is 0.816. The lowest BCUT2D eigenvalue weighted by Gasteiger charge is -1.96. The van der Waals surface area contributed by atoms with E-state index < -0.39 is 5.97 Å². The minimum Gasteiger partial charge on any atom is -0.452 e. The van der Waals surface area contributed by atoms with Crippen molar-refractivity contribution in [3.8, 4) is 12.3 Å². The summed E-state index contributed by atoms with van der Waals surface area (Å²) in [5, 5.41) is 0.0111. The van der Waals surface area contributed by atoms with Crippen LogP contribution in [0.1, 0.15) is 10.4 Å². The van der Waals surface area contributed by atoms with Gasteiger partial charge in [0.25, 0.3) is 0 Å². The number of rotatable bonds is 2. The molecule has 62 valence electrons. The zero-order valence-corrected chi connectivity index (χ0v) is 6.80. The van der Waals surface area contributed by atoms with Gasteiger partial charge in [-0.2, -0.15) is 0 Å². The Morgan fingerprint density at radius 2 is 2.58 bits per heavy atom. The van der Waals surface area contributed by atoms with Crippen LogP contribution < -0.4 is 0 Å². The zero-order chi connectivity index (χ0) is 8.97. The summed E-state index contributed by atoms with van der Waals surface area (Å²) in [7, 11) is 0. The van der Waals surface area contributed by atoms with Crippen LogP contribution in [0, 0.1) is 12.3 Å². The van der Waals surface area contributed by atoms with Crippen LogP contribution >= 0.6 is 11.6 Å². The highest BCUT2D eigenvalue weighted by atomic mass is 35.5. The van der Waals surface area contributed by atoms with Crippen molar-refractivity contribution in [2.45, 2.75) is 0 Å². The molecule has 0 fully saturated rings. The van der Waals surface area contributed by atoms with Gasteiger partial charge in [-0.3, -0.25) is 0 Å². The number of hydrogen-bond donors (Lipinski definition) is 0. The molecule has 3 nitrogen and oxygen atoms in total. The molecular formula is C8H5ClO3. The molecule has 0 spiro atoms. The highest BCUT2D eigenvalue weighted by Crippen LogP contribution is 2.17. The largest absolute Gasteiger partial charge is 0.452 e. The fourth-order valence-electron chi connectivity index (χ4n) is 0.624. The maximum absolute atomic E-state index is 11.0. The van der Waals surface area contributed by atoms with Crippen LogP contribution in [0.3, 0.4) is 0 Å². The summed E-state index contributed by atoms with van der Waals surface area (Å²) in [5.74, 6) is 1.59. The molecule has 0 saturated carbocycles. The maximum atomic E-state index is 11.0. The highest BCUT2D eigenvalue weighted by molar-refractivity contribution is 6.31. The quantitative estimate of drug-likeness (QED) is 0.519. The molecule has 0 saturated heterocycles. The minimum absolute atomic E-state index is 0.0111. The summed E-state index contributed by atoms with van der Waals surface area (Å²) in [6.07, 6.45) is 6.19. The van der Waals surface area contributed by atoms with Crippen molar-refractivity contribution in [1.29, 1.82) is 0 Å². The topological polar surface area (TPSA) is 39.4 Å². The first kappa shape index (κ1) is 8.69. The van der Waals surface area contributed by atoms with Crippen molar-refractivity contribution >= 4 is 17.6 Å². The van der Waals surface area contributed by atoms with Gasteiger partial charge in [-0.25, -0.2) is 4.79 Å². The van der Waals surface area contributed by atoms with Gasteiger partial charge >= 0.3 is 5.97 Å². The SMILES string of the molecule is C#CCOC(=O)c1ccoc1Cl. The summed E-state index contributed by atoms with van der Waals surface area (Å²) in [6.45, 7) is -0.0691. The van der Waals surface area contributed by atoms with Gasteiger partial charge in [0.1, 0.15) is 5.56 Å². The molecule has 0 amide bonds. The fraction of sp³-hybridized carbons (Fsp3) is 0.125. The van der Waals surface area contributed by atoms with Gasteiger partial charge in [-0.05, 0) is 17.7 Å². The normalized spacial score (nSPS) is 9.00. The second-order valence-corrected chi connectivity index (χ2v) is 2.23. The van der Waals surface area contributed by atoms with Crippen molar-refractivity contribution in [3.05, 3.63) is 23.1 Å². The zero-order valence-electron chi connectivity index (χ0n) is 6.04. The number of carbonyl (C=O) groups is 1. The molecule has 0 radical (unpaired) electrons. The smallest absolute Gasteiger partial charge is 0.344 e. The number of furan rings is 1. The van der Waals surface area contributed by atoms with Gasteiger partial charge in [0, 0.05) is 0 Å². The first-order chi connectivity index (χ1) is 5.75. The predicted molar refractivity (Wildman–Crippen MR) is 42.8 cm³/mol. The Bertz CT molecular complexity index is 321. The standard InChI is InChI=1S/C8H5ClO3/c1-2-4-12-8(10)6-3-5-11-7(6)9/h1,3,5H,4H2. The molecule has 1 heterocycles. The molecular weight excluding hydrogens is 180 g/mol. The van der Waals surface area contributed by atoms with Crippen molar-refractivity contribution in [2.75, 3.05) is 6.61 Å². The van der Waals surface area contributed by atoms with E-state index in [4.69, 9.17) is 18.0 Å². The van der Waals surface area contributed by atoms with E-state index in [0.29, 0.717) is 0 Å². The second-order valence-electron chi connectivity index (χ2n) is 1.89. The van der Waals surface area contributed by atoms with Gasteiger partial charge in [0.2, 0.25) is 5.22 Å². The van der Waals surface area contributed by atoms with Crippen LogP contribution in [-0.4, -0.2) is 12.6 Å². The molecule has 4 heteroatoms. The predicted octanol–water partition coefficient (Wildman–Crippen LogP) is 1.72. The molecule has 1 aromatic heterocycles. The van der Waals surface area contributed by atoms with E-state index in [1.807, 2.05) is 0 Å². The van der Waals surface area contributed by atoms with E-state index in [1.54, 1.807) is 0 Å². The van der Waals surface area contributed by atoms with E-state index in [9.17, 15) is 4.79 Å². The van der Waals surface area contributed by atoms with Crippen LogP contribution in [0.25, 0.3) is 0 Å². The number of terminal acetylenes is 1. The third kappa shape index (κ3) is 1.80. The Labute approximate surface area is 74.3 Å². The molecule has 12 heavy (non-hydrogen) atoms. The lowest BCUT2D eigenvalue weighted by molar-refractivity contribution is 0.0556. The number of carbonyl (C=O) groups excluding carboxylic acids is 1. The summed E-state index contributed by atoms with van der Waals surface area (Å²) in [4.78, 5) is 11.0. The highest BCUT2D eigenvalue weighted by Gasteiger charge is 2.13. The van der Waals surface area contributed by atoms with Crippen molar-refractivity contribution in [2.24, 2.45) is 0 Å². The van der Waals surface area contributed by atoms with Crippen LogP contribution in [0.15, 0.2) is 16.7 Å². The Hall–Kier alpha value is -1.40. The second kappa shape index (κ2) is 3.84. The molecule has 0 aliphatic carbocycles. The van der Waals surface area contributed by atoms with Gasteiger partial charge in [0.15, 0.2) is 6.61 Å². The van der Waals surface area contributed by atoms with Gasteiger partial charge in [0.05, 0.1) is 6.26 Å². The number of halogens is 1. The maximum Gasteiger partial charge on any atom is 0.344 e. The van der Waals surface area contributed by atoms with Crippen LogP contribution in [0.5, 0.6) is 0 Å². The van der Waals surface area contributed by atoms with Crippen molar-refractivity contribution in [3.63, 3.8) is 0 Å². The summed E-state index contributed by atoms with van der Waals surface area (Å²) in [6, 6.07) is 1.42. The molecule has 0 aliphatic heterocycles. The molecule has 0 bridgehead atoms. The van der Waals surface area contributed by atoms with Gasteiger partial charge in [-0.15, -0.1) is 6.42 Å². The number of esters is 1. The van der Waals surface area contributed by atoms with Crippen LogP contribution in [-0.2, 0) is 4.74 Å². The summed E-state index contributed by atoms with van der Waals surface area (Å²) >= 11 is 5.49. The van der Waals surface area contributed by atoms with Gasteiger partial charge < -0.3 is 9.15 Å². The third-order valence-corrected chi connectivity index (χ3v) is 1.42. The molecule has 0 aromatic carbocycles. The number of ether oxygens (including phenoxy) is 1. The van der Waals surface area contributed by atoms with Gasteiger partial charge in [-0.1, -0.05) is 5.92 Å². The monoisotopic (exact) mass is 184 g/mol. The average Bonchev–Trinajstić information content (AvgIpc) is 2.47. The number of hydrogen-bond acceptors (Lipinski definition) is 3. The average molecular weight is 185 g/mol. The van der Waals surface area contributed by atoms with E-state index in [1.165, 1.54) is 12.3 Å². The van der Waals surface area contributed by atoms with E-state index in [0.717, 1.165) is 0 Å². The van der Waals surface area contributed by atoms with Crippen LogP contribution in [0.4, 0.5) is 0 Å². The molecule has 0 atom stereocenters. The summed E-state index contributed by atoms with van der Waals surface area (Å²) < 4.78 is 9.28. The molecule has 1 rings (SSSR count). The Morgan fingerprint density at radius 3 is 3.08 bits per heavy atom. The first-order valence-electron chi connectivity index (χ1n) is 3.09. The van der Waals surface area contributed by atoms with Crippen molar-refractivity contribution < 1.29 is 13.9 Å². The molecule has 0 aliphatic rings. The Morgan fingerprint density at radius 1 is 1.83 bits per heavy atom.